The van der Waals surface area contributed by atoms with Gasteiger partial charge in [-0.25, -0.2) is 0 Å². The van der Waals surface area contributed by atoms with E-state index in [9.17, 15) is 0 Å². The molecule has 1 aromatic heterocycles. The largest absolute Gasteiger partial charge is 0.269 e. The summed E-state index contributed by atoms with van der Waals surface area (Å²) in [7, 11) is 0. The topological polar surface area (TPSA) is 25.2 Å². The highest BCUT2D eigenvalue weighted by Gasteiger charge is 2.02. The Morgan fingerprint density at radius 1 is 0.875 bits per heavy atom. The summed E-state index contributed by atoms with van der Waals surface area (Å²) in [6.07, 6.45) is 9.41. The molecule has 0 aliphatic rings. The number of aliphatic imine (C=N–C) groups is 1. The number of hydrogen-bond acceptors (Lipinski definition) is 2. The lowest BCUT2D eigenvalue weighted by Gasteiger charge is -2.07. The van der Waals surface area contributed by atoms with Gasteiger partial charge in [0.25, 0.3) is 0 Å². The molecule has 0 atom stereocenters. The SMILES string of the molecule is C/C(=C\c1c(C)ccnc1C)c1ccc(C)cc1.C=C(C)/C=C\N=CC.CC.CC.CC. The first-order valence-corrected chi connectivity index (χ1v) is 11.8. The van der Waals surface area contributed by atoms with Crippen LogP contribution in [0.2, 0.25) is 0 Å². The van der Waals surface area contributed by atoms with E-state index in [0.717, 1.165) is 11.3 Å². The maximum atomic E-state index is 4.36. The van der Waals surface area contributed by atoms with Crippen molar-refractivity contribution in [3.63, 3.8) is 0 Å². The van der Waals surface area contributed by atoms with Crippen LogP contribution in [0.1, 0.15) is 90.3 Å². The number of rotatable bonds is 4. The standard InChI is InChI=1S/C17H19N.C7H11N.3C2H6/c1-12-5-7-16(8-6-12)14(3)11-17-13(2)9-10-18-15(17)4;1-4-8-6-5-7(2)3;3*1-2/h5-11H,1-4H3;4-6H,2H2,1,3H3;3*1-2H3/b14-11+;6-5-,8-4?;;;. The lowest BCUT2D eigenvalue weighted by molar-refractivity contribution is 1.16. The van der Waals surface area contributed by atoms with Gasteiger partial charge in [-0.05, 0) is 82.0 Å². The Labute approximate surface area is 199 Å². The van der Waals surface area contributed by atoms with Crippen LogP contribution in [0.25, 0.3) is 11.6 Å². The molecule has 0 radical (unpaired) electrons. The summed E-state index contributed by atoms with van der Waals surface area (Å²) < 4.78 is 0. The van der Waals surface area contributed by atoms with Crippen LogP contribution in [0, 0.1) is 20.8 Å². The van der Waals surface area contributed by atoms with E-state index in [1.807, 2.05) is 67.7 Å². The molecule has 0 saturated carbocycles. The van der Waals surface area contributed by atoms with Crippen molar-refractivity contribution in [1.29, 1.82) is 0 Å². The molecule has 2 nitrogen and oxygen atoms in total. The highest BCUT2D eigenvalue weighted by molar-refractivity contribution is 5.81. The number of hydrogen-bond donors (Lipinski definition) is 0. The molecule has 0 spiro atoms. The second-order valence-corrected chi connectivity index (χ2v) is 6.39. The highest BCUT2D eigenvalue weighted by Crippen LogP contribution is 2.21. The third-order valence-electron chi connectivity index (χ3n) is 3.87. The van der Waals surface area contributed by atoms with Crippen LogP contribution >= 0.6 is 0 Å². The van der Waals surface area contributed by atoms with Crippen LogP contribution in [0.4, 0.5) is 0 Å². The zero-order valence-corrected chi connectivity index (χ0v) is 22.9. The van der Waals surface area contributed by atoms with Gasteiger partial charge in [0, 0.05) is 24.3 Å². The molecule has 1 heterocycles. The number of pyridine rings is 1. The normalized spacial score (nSPS) is 9.94. The lowest BCUT2D eigenvalue weighted by atomic mass is 10.0. The van der Waals surface area contributed by atoms with Crippen LogP contribution < -0.4 is 0 Å². The molecule has 2 heteroatoms. The molecule has 178 valence electrons. The van der Waals surface area contributed by atoms with E-state index in [4.69, 9.17) is 0 Å². The summed E-state index contributed by atoms with van der Waals surface area (Å²) in [6, 6.07) is 10.7. The second kappa shape index (κ2) is 22.9. The molecule has 0 unspecified atom stereocenters. The monoisotopic (exact) mass is 436 g/mol. The molecule has 2 aromatic rings. The van der Waals surface area contributed by atoms with E-state index in [0.29, 0.717) is 0 Å². The summed E-state index contributed by atoms with van der Waals surface area (Å²) in [5.74, 6) is 0. The van der Waals surface area contributed by atoms with Gasteiger partial charge in [0.05, 0.1) is 0 Å². The smallest absolute Gasteiger partial charge is 0.0447 e. The van der Waals surface area contributed by atoms with E-state index in [1.165, 1.54) is 27.8 Å². The molecule has 1 aromatic carbocycles. The second-order valence-electron chi connectivity index (χ2n) is 6.39. The van der Waals surface area contributed by atoms with Gasteiger partial charge < -0.3 is 0 Å². The van der Waals surface area contributed by atoms with Gasteiger partial charge in [0.15, 0.2) is 0 Å². The average Bonchev–Trinajstić information content (AvgIpc) is 2.81. The Morgan fingerprint density at radius 3 is 1.84 bits per heavy atom. The van der Waals surface area contributed by atoms with E-state index >= 15 is 0 Å². The van der Waals surface area contributed by atoms with Gasteiger partial charge in [-0.3, -0.25) is 9.98 Å². The third-order valence-corrected chi connectivity index (χ3v) is 3.87. The van der Waals surface area contributed by atoms with E-state index in [1.54, 1.807) is 12.4 Å². The fourth-order valence-electron chi connectivity index (χ4n) is 2.30. The number of allylic oxidation sites excluding steroid dienone is 3. The first-order chi connectivity index (χ1) is 15.3. The summed E-state index contributed by atoms with van der Waals surface area (Å²) in [5, 5.41) is 0. The van der Waals surface area contributed by atoms with E-state index in [-0.39, 0.29) is 0 Å². The Morgan fingerprint density at radius 2 is 1.41 bits per heavy atom. The van der Waals surface area contributed by atoms with Crippen LogP contribution in [0.3, 0.4) is 0 Å². The van der Waals surface area contributed by atoms with Gasteiger partial charge in [-0.1, -0.05) is 83.5 Å². The van der Waals surface area contributed by atoms with Gasteiger partial charge in [0.1, 0.15) is 0 Å². The number of aromatic nitrogens is 1. The zero-order chi connectivity index (χ0) is 25.5. The Hall–Kier alpha value is -2.74. The number of benzene rings is 1. The lowest BCUT2D eigenvalue weighted by Crippen LogP contribution is -1.90. The van der Waals surface area contributed by atoms with Gasteiger partial charge in [0.2, 0.25) is 0 Å². The van der Waals surface area contributed by atoms with Crippen molar-refractivity contribution >= 4 is 17.9 Å². The minimum Gasteiger partial charge on any atom is -0.269 e. The molecule has 2 rings (SSSR count). The Kier molecular flexibility index (Phi) is 24.3. The number of nitrogens with zero attached hydrogens (tertiary/aromatic N) is 2. The van der Waals surface area contributed by atoms with Gasteiger partial charge in [-0.15, -0.1) is 0 Å². The predicted octanol–water partition coefficient (Wildman–Crippen LogP) is 9.81. The number of aryl methyl sites for hydroxylation is 3. The summed E-state index contributed by atoms with van der Waals surface area (Å²) in [5.41, 5.74) is 8.44. The molecule has 0 saturated heterocycles. The van der Waals surface area contributed by atoms with Crippen molar-refractivity contribution in [1.82, 2.24) is 4.98 Å². The van der Waals surface area contributed by atoms with Crippen molar-refractivity contribution in [2.24, 2.45) is 4.99 Å². The summed E-state index contributed by atoms with van der Waals surface area (Å²) >= 11 is 0. The zero-order valence-electron chi connectivity index (χ0n) is 22.9. The fraction of sp³-hybridized carbons (Fsp3) is 0.400. The molecular weight excluding hydrogens is 388 g/mol. The molecule has 0 amide bonds. The van der Waals surface area contributed by atoms with Crippen molar-refractivity contribution in [3.8, 4) is 0 Å². The first-order valence-electron chi connectivity index (χ1n) is 11.8. The quantitative estimate of drug-likeness (QED) is 0.346. The molecule has 32 heavy (non-hydrogen) atoms. The molecule has 0 aliphatic carbocycles. The van der Waals surface area contributed by atoms with Crippen molar-refractivity contribution < 1.29 is 0 Å². The van der Waals surface area contributed by atoms with Crippen molar-refractivity contribution in [3.05, 3.63) is 88.9 Å². The third kappa shape index (κ3) is 16.0. The minimum absolute atomic E-state index is 1.02. The Balaban J connectivity index is -0.000000507. The maximum Gasteiger partial charge on any atom is 0.0447 e. The van der Waals surface area contributed by atoms with Crippen molar-refractivity contribution in [2.45, 2.75) is 83.1 Å². The van der Waals surface area contributed by atoms with E-state index in [2.05, 4.69) is 80.7 Å². The average molecular weight is 437 g/mol. The molecule has 0 bridgehead atoms. The van der Waals surface area contributed by atoms with Crippen LogP contribution in [0.5, 0.6) is 0 Å². The molecule has 0 aliphatic heterocycles. The predicted molar refractivity (Wildman–Crippen MR) is 151 cm³/mol. The molecule has 0 N–H and O–H groups in total. The molecular formula is C30H48N2. The fourth-order valence-corrected chi connectivity index (χ4v) is 2.30. The van der Waals surface area contributed by atoms with Gasteiger partial charge in [-0.2, -0.15) is 0 Å². The van der Waals surface area contributed by atoms with E-state index < -0.39 is 0 Å². The summed E-state index contributed by atoms with van der Waals surface area (Å²) in [4.78, 5) is 8.20. The first kappa shape index (κ1) is 33.9. The highest BCUT2D eigenvalue weighted by atomic mass is 14.7. The maximum absolute atomic E-state index is 4.36. The van der Waals surface area contributed by atoms with Crippen LogP contribution in [-0.2, 0) is 0 Å². The molecule has 0 fully saturated rings. The minimum atomic E-state index is 1.02. The van der Waals surface area contributed by atoms with Gasteiger partial charge >= 0.3 is 0 Å². The van der Waals surface area contributed by atoms with Crippen molar-refractivity contribution in [2.75, 3.05) is 0 Å². The van der Waals surface area contributed by atoms with Crippen LogP contribution in [-0.4, -0.2) is 11.2 Å². The summed E-state index contributed by atoms with van der Waals surface area (Å²) in [6.45, 7) is 27.9. The Bertz CT molecular complexity index is 787. The van der Waals surface area contributed by atoms with Crippen LogP contribution in [0.15, 0.2) is 65.9 Å².